The number of aromatic amines is 1. The number of nitrogens with zero attached hydrogens (tertiary/aromatic N) is 1. The molecule has 1 aliphatic rings. The Hall–Kier alpha value is -8.59. The molecule has 1 aliphatic carbocycles. The molecule has 482 valence electrons. The van der Waals surface area contributed by atoms with Gasteiger partial charge in [-0.05, 0) is 74.3 Å². The SMILES string of the molecule is CN=C(N)NCCC[C@H](CC(=O)[C@H](COC)NC(=O)CCC(=O)[C@H](CC1CCCCC1)NC(=O)[C@@H](CC(=O)[C@H](CC(N)=O)NC(=O)[C@H](CCC(=O)O)CC(=O)[C@@H](Cc1ccc(O)cc1)NC(C)=O)[C@@H](C)O)C(=O)N[C@@H](Cc1c[nH]c2ccccc12)C(N)=O. The number of guanidine groups is 1. The van der Waals surface area contributed by atoms with Crippen LogP contribution in [0.5, 0.6) is 5.75 Å². The molecule has 1 saturated carbocycles. The van der Waals surface area contributed by atoms with Crippen LogP contribution in [0.2, 0.25) is 0 Å². The van der Waals surface area contributed by atoms with Crippen molar-refractivity contribution in [1.82, 2.24) is 36.9 Å². The number of hydrogen-bond acceptors (Lipinski definition) is 16. The van der Waals surface area contributed by atoms with E-state index in [2.05, 4.69) is 41.9 Å². The first-order valence-electron chi connectivity index (χ1n) is 29.6. The van der Waals surface area contributed by atoms with Gasteiger partial charge >= 0.3 is 5.97 Å². The standard InChI is InChI=1S/C61H87N11O16/c1-34(73)43(30-53(79)47(31-54(62)80)70-59(86)39(18-23-56(82)83)29-51(77)46(68-35(2)74)26-37-16-19-41(75)20-17-37)60(87)71-45(25-36-11-6-5-7-12-36)50(76)21-22-55(81)69-49(33-88-4)52(78)28-38(13-10-24-66-61(64)65-3)58(85)72-48(57(63)84)27-40-32-67-44-15-9-8-14-42(40)44/h8-9,14-17,19-20,32,34,36,38-39,43,45-49,67,73,75H,5-7,10-13,18,21-31,33H2,1-4H3,(H2,62,80)(H2,63,84)(H,68,74)(H,69,81)(H,70,86)(H,71,87)(H,72,85)(H,82,83)(H3,64,65,66)/t34-,38-,39-,43+,45+,46-,47+,48+,49+/m1/s1. The van der Waals surface area contributed by atoms with Crippen molar-refractivity contribution in [3.8, 4) is 5.75 Å². The van der Waals surface area contributed by atoms with Crippen molar-refractivity contribution in [1.29, 1.82) is 0 Å². The van der Waals surface area contributed by atoms with Crippen LogP contribution in [-0.2, 0) is 75.1 Å². The minimum absolute atomic E-state index is 0.0329. The van der Waals surface area contributed by atoms with E-state index in [-0.39, 0.29) is 56.5 Å². The molecule has 0 radical (unpaired) electrons. The van der Waals surface area contributed by atoms with Gasteiger partial charge in [-0.3, -0.25) is 62.5 Å². The Kier molecular flexibility index (Phi) is 29.8. The number of methoxy groups -OCH3 is 1. The lowest BCUT2D eigenvalue weighted by molar-refractivity contribution is -0.139. The lowest BCUT2D eigenvalue weighted by Crippen LogP contribution is -2.50. The number of benzene rings is 2. The highest BCUT2D eigenvalue weighted by Crippen LogP contribution is 2.29. The number of Topliss-reactive ketones (excluding diaryl/α,β-unsaturated/α-hetero) is 4. The maximum absolute atomic E-state index is 14.2. The van der Waals surface area contributed by atoms with Crippen molar-refractivity contribution in [2.45, 2.75) is 166 Å². The number of amides is 7. The summed E-state index contributed by atoms with van der Waals surface area (Å²) in [5, 5.41) is 46.9. The first-order chi connectivity index (χ1) is 41.8. The third-order valence-electron chi connectivity index (χ3n) is 15.6. The molecule has 1 heterocycles. The molecular formula is C61H87N11O16. The molecule has 3 aromatic rings. The summed E-state index contributed by atoms with van der Waals surface area (Å²) in [5.41, 5.74) is 19.1. The molecule has 7 amide bonds. The number of aromatic nitrogens is 1. The number of carbonyl (C=O) groups is 12. The monoisotopic (exact) mass is 1230 g/mol. The molecule has 0 spiro atoms. The molecule has 0 bridgehead atoms. The zero-order chi connectivity index (χ0) is 65.0. The number of ether oxygens (including phenoxy) is 1. The Balaban J connectivity index is 1.48. The minimum Gasteiger partial charge on any atom is -0.508 e. The number of H-pyrrole nitrogens is 1. The van der Waals surface area contributed by atoms with E-state index in [4.69, 9.17) is 21.9 Å². The predicted octanol–water partition coefficient (Wildman–Crippen LogP) is 0.715. The number of nitrogens with two attached hydrogens (primary N) is 3. The van der Waals surface area contributed by atoms with Crippen LogP contribution >= 0.6 is 0 Å². The summed E-state index contributed by atoms with van der Waals surface area (Å²) in [5.74, 6) is -13.9. The molecule has 27 nitrogen and oxygen atoms in total. The van der Waals surface area contributed by atoms with Gasteiger partial charge in [0.2, 0.25) is 41.4 Å². The molecule has 2 aromatic carbocycles. The number of aromatic hydroxyl groups is 1. The van der Waals surface area contributed by atoms with Crippen molar-refractivity contribution in [3.05, 3.63) is 65.9 Å². The number of ketones is 4. The summed E-state index contributed by atoms with van der Waals surface area (Å²) in [4.78, 5) is 168. The third-order valence-corrected chi connectivity index (χ3v) is 15.6. The Labute approximate surface area is 510 Å². The number of carboxylic acids is 1. The first-order valence-corrected chi connectivity index (χ1v) is 29.6. The molecule has 27 heteroatoms. The fourth-order valence-corrected chi connectivity index (χ4v) is 10.7. The summed E-state index contributed by atoms with van der Waals surface area (Å²) < 4.78 is 5.30. The van der Waals surface area contributed by atoms with Gasteiger partial charge in [0.1, 0.15) is 17.8 Å². The Morgan fingerprint density at radius 1 is 0.682 bits per heavy atom. The smallest absolute Gasteiger partial charge is 0.303 e. The Bertz CT molecular complexity index is 2940. The van der Waals surface area contributed by atoms with Crippen molar-refractivity contribution in [3.63, 3.8) is 0 Å². The molecule has 0 saturated heterocycles. The van der Waals surface area contributed by atoms with Gasteiger partial charge in [0.25, 0.3) is 0 Å². The number of aliphatic imine (C=N–C) groups is 1. The summed E-state index contributed by atoms with van der Waals surface area (Å²) in [6, 6.07) is 6.54. The van der Waals surface area contributed by atoms with Gasteiger partial charge in [0, 0.05) is 102 Å². The number of rotatable bonds is 40. The van der Waals surface area contributed by atoms with Gasteiger partial charge in [0.15, 0.2) is 29.1 Å². The van der Waals surface area contributed by atoms with E-state index in [9.17, 15) is 72.9 Å². The van der Waals surface area contributed by atoms with Crippen molar-refractivity contribution in [2.24, 2.45) is 45.9 Å². The fourth-order valence-electron chi connectivity index (χ4n) is 10.7. The quantitative estimate of drug-likeness (QED) is 0.0212. The minimum atomic E-state index is -1.74. The van der Waals surface area contributed by atoms with E-state index in [1.165, 1.54) is 52.3 Å². The highest BCUT2D eigenvalue weighted by molar-refractivity contribution is 5.99. The largest absolute Gasteiger partial charge is 0.508 e. The van der Waals surface area contributed by atoms with E-state index in [0.717, 1.165) is 48.6 Å². The maximum atomic E-state index is 14.2. The number of primary amides is 2. The van der Waals surface area contributed by atoms with Crippen LogP contribution in [0.15, 0.2) is 59.7 Å². The number of nitrogens with one attached hydrogen (secondary N) is 7. The van der Waals surface area contributed by atoms with Crippen LogP contribution in [0.1, 0.15) is 128 Å². The summed E-state index contributed by atoms with van der Waals surface area (Å²) in [6.45, 7) is 2.34. The molecular weight excluding hydrogens is 1140 g/mol. The zero-order valence-corrected chi connectivity index (χ0v) is 50.4. The van der Waals surface area contributed by atoms with Gasteiger partial charge in [0.05, 0.1) is 43.2 Å². The zero-order valence-electron chi connectivity index (χ0n) is 50.4. The van der Waals surface area contributed by atoms with E-state index in [1.807, 2.05) is 24.3 Å². The van der Waals surface area contributed by atoms with Crippen LogP contribution in [0.3, 0.4) is 0 Å². The lowest BCUT2D eigenvalue weighted by atomic mass is 9.83. The molecule has 1 fully saturated rings. The van der Waals surface area contributed by atoms with Crippen LogP contribution in [0.25, 0.3) is 10.9 Å². The predicted molar refractivity (Wildman–Crippen MR) is 322 cm³/mol. The molecule has 1 aromatic heterocycles. The molecule has 16 N–H and O–H groups in total. The highest BCUT2D eigenvalue weighted by atomic mass is 16.5. The van der Waals surface area contributed by atoms with Crippen LogP contribution in [0.4, 0.5) is 0 Å². The second kappa shape index (κ2) is 36.5. The van der Waals surface area contributed by atoms with Crippen molar-refractivity contribution >= 4 is 87.3 Å². The number of aliphatic hydroxyl groups is 1. The second-order valence-corrected chi connectivity index (χ2v) is 22.6. The average Bonchev–Trinajstić information content (AvgIpc) is 4.05. The van der Waals surface area contributed by atoms with Crippen LogP contribution < -0.4 is 49.1 Å². The Morgan fingerprint density at radius 2 is 1.30 bits per heavy atom. The lowest BCUT2D eigenvalue weighted by Gasteiger charge is -2.29. The molecule has 0 aliphatic heterocycles. The normalized spacial score (nSPS) is 15.8. The fraction of sp³-hybridized carbons (Fsp3) is 0.557. The van der Waals surface area contributed by atoms with Gasteiger partial charge in [-0.2, -0.15) is 0 Å². The first kappa shape index (κ1) is 71.9. The van der Waals surface area contributed by atoms with Gasteiger partial charge < -0.3 is 74.1 Å². The van der Waals surface area contributed by atoms with Crippen LogP contribution in [-0.4, -0.2) is 160 Å². The molecule has 0 unspecified atom stereocenters. The van der Waals surface area contributed by atoms with E-state index in [1.54, 1.807) is 6.20 Å². The molecule has 4 rings (SSSR count). The third kappa shape index (κ3) is 24.6. The molecule has 9 atom stereocenters. The summed E-state index contributed by atoms with van der Waals surface area (Å²) in [7, 11) is 2.79. The van der Waals surface area contributed by atoms with Gasteiger partial charge in [-0.1, -0.05) is 62.4 Å². The summed E-state index contributed by atoms with van der Waals surface area (Å²) in [6.07, 6.45) is 0.279. The van der Waals surface area contributed by atoms with Gasteiger partial charge in [-0.25, -0.2) is 0 Å². The molecule has 88 heavy (non-hydrogen) atoms. The van der Waals surface area contributed by atoms with Crippen LogP contribution in [0, 0.1) is 23.7 Å². The topological polar surface area (TPSA) is 453 Å². The second-order valence-electron chi connectivity index (χ2n) is 22.6. The maximum Gasteiger partial charge on any atom is 0.303 e. The number of aliphatic hydroxyl groups excluding tert-OH is 1. The average molecular weight is 1230 g/mol. The summed E-state index contributed by atoms with van der Waals surface area (Å²) >= 11 is 0. The number of para-hydroxylation sites is 1. The van der Waals surface area contributed by atoms with E-state index >= 15 is 0 Å². The number of fused-ring (bicyclic) bond motifs is 1. The van der Waals surface area contributed by atoms with Crippen molar-refractivity contribution in [2.75, 3.05) is 27.3 Å². The highest BCUT2D eigenvalue weighted by Gasteiger charge is 2.37. The van der Waals surface area contributed by atoms with Crippen molar-refractivity contribution < 1.29 is 77.6 Å². The number of carbonyl (C=O) groups excluding carboxylic acids is 11. The van der Waals surface area contributed by atoms with E-state index in [0.29, 0.717) is 12.0 Å². The number of carboxylic acid groups (broad SMARTS) is 1. The number of phenolic OH excluding ortho intramolecular Hbond substituents is 1. The Morgan fingerprint density at radius 3 is 1.90 bits per heavy atom. The van der Waals surface area contributed by atoms with E-state index < -0.39 is 176 Å². The number of aliphatic carboxylic acids is 1. The number of phenols is 1. The van der Waals surface area contributed by atoms with Gasteiger partial charge in [-0.15, -0.1) is 0 Å². The number of hydrogen-bond donors (Lipinski definition) is 13.